The topological polar surface area (TPSA) is 89.6 Å². The smallest absolute Gasteiger partial charge is 0.292 e. The van der Waals surface area contributed by atoms with Crippen LogP contribution in [0.4, 0.5) is 5.69 Å². The first-order valence-electron chi connectivity index (χ1n) is 20.0. The molecule has 7 atom stereocenters. The van der Waals surface area contributed by atoms with Gasteiger partial charge < -0.3 is 28.6 Å². The molecular formula is C42H59ClN4O5S. The second-order valence-electron chi connectivity index (χ2n) is 16.1. The van der Waals surface area contributed by atoms with Crippen molar-refractivity contribution in [3.05, 3.63) is 70.3 Å². The first-order chi connectivity index (χ1) is 25.8. The van der Waals surface area contributed by atoms with Crippen LogP contribution in [0.5, 0.6) is 5.75 Å². The van der Waals surface area contributed by atoms with Crippen LogP contribution in [-0.4, -0.2) is 111 Å². The molecule has 4 aliphatic heterocycles. The van der Waals surface area contributed by atoms with Crippen LogP contribution < -0.4 is 14.4 Å². The molecule has 0 aromatic heterocycles. The van der Waals surface area contributed by atoms with Crippen molar-refractivity contribution in [2.75, 3.05) is 84.3 Å². The van der Waals surface area contributed by atoms with Gasteiger partial charge in [0.15, 0.2) is 5.25 Å². The Morgan fingerprint density at radius 3 is 2.60 bits per heavy atom. The maximum atomic E-state index is 13.7. The number of nitrogens with one attached hydrogen (secondary N) is 1. The van der Waals surface area contributed by atoms with Crippen LogP contribution in [0.15, 0.2) is 48.6 Å². The summed E-state index contributed by atoms with van der Waals surface area (Å²) in [7, 11) is 1.64. The zero-order valence-corrected chi connectivity index (χ0v) is 33.4. The van der Waals surface area contributed by atoms with E-state index in [4.69, 9.17) is 25.8 Å². The summed E-state index contributed by atoms with van der Waals surface area (Å²) in [5.41, 5.74) is 4.03. The van der Waals surface area contributed by atoms with Gasteiger partial charge in [-0.05, 0) is 91.3 Å². The van der Waals surface area contributed by atoms with E-state index in [2.05, 4.69) is 57.6 Å². The lowest BCUT2D eigenvalue weighted by Gasteiger charge is -2.47. The predicted octanol–water partition coefficient (Wildman–Crippen LogP) is 6.33. The Labute approximate surface area is 325 Å². The molecule has 290 valence electrons. The molecule has 2 aromatic rings. The second kappa shape index (κ2) is 18.1. The van der Waals surface area contributed by atoms with Gasteiger partial charge in [-0.2, -0.15) is 4.72 Å². The van der Waals surface area contributed by atoms with Gasteiger partial charge in [-0.3, -0.25) is 9.69 Å². The number of carbonyl (C=O) groups is 1. The Kier molecular flexibility index (Phi) is 13.3. The number of unbranched alkanes of at least 4 members (excludes halogenated alkanes) is 1. The van der Waals surface area contributed by atoms with Gasteiger partial charge >= 0.3 is 0 Å². The molecule has 1 N–H and O–H groups in total. The molecule has 7 unspecified atom stereocenters. The molecule has 0 radical (unpaired) electrons. The number of benzene rings is 2. The van der Waals surface area contributed by atoms with Gasteiger partial charge in [0.1, 0.15) is 5.75 Å². The quantitative estimate of drug-likeness (QED) is 0.234. The van der Waals surface area contributed by atoms with Crippen molar-refractivity contribution >= 4 is 34.6 Å². The fourth-order valence-corrected chi connectivity index (χ4v) is 10.5. The number of anilines is 1. The van der Waals surface area contributed by atoms with Gasteiger partial charge in [-0.15, -0.1) is 0 Å². The highest BCUT2D eigenvalue weighted by atomic mass is 35.5. The monoisotopic (exact) mass is 766 g/mol. The number of allylic oxidation sites excluding steroid dienone is 1. The lowest BCUT2D eigenvalue weighted by Crippen LogP contribution is -2.57. The van der Waals surface area contributed by atoms with Gasteiger partial charge in [0.05, 0.1) is 49.5 Å². The van der Waals surface area contributed by atoms with Crippen LogP contribution in [0, 0.1) is 23.7 Å². The van der Waals surface area contributed by atoms with Crippen molar-refractivity contribution in [2.24, 2.45) is 23.7 Å². The van der Waals surface area contributed by atoms with Gasteiger partial charge in [0, 0.05) is 75.3 Å². The largest absolute Gasteiger partial charge is 0.593 e. The first kappa shape index (κ1) is 38.9. The summed E-state index contributed by atoms with van der Waals surface area (Å²) in [6.07, 6.45) is 11.2. The molecule has 2 aromatic carbocycles. The minimum absolute atomic E-state index is 0.0641. The van der Waals surface area contributed by atoms with Crippen molar-refractivity contribution in [3.63, 3.8) is 0 Å². The number of aryl methyl sites for hydroxylation is 1. The molecule has 7 rings (SSSR count). The number of piperazine rings is 1. The summed E-state index contributed by atoms with van der Waals surface area (Å²) in [5, 5.41) is 0.440. The molecule has 1 amide bonds. The van der Waals surface area contributed by atoms with Crippen LogP contribution in [0.25, 0.3) is 0 Å². The highest BCUT2D eigenvalue weighted by molar-refractivity contribution is 7.90. The minimum Gasteiger partial charge on any atom is -0.593 e. The number of rotatable bonds is 9. The SMILES string of the molecule is CCCCc1cc(Cl)ccc1C1COc2ccc3cc2N(C1)CC1CCC1C(CN1CCN(C2COC2)CC1)/C=C/CC(C)C(COC)[S+]([O-])NC3=O. The standard InChI is InChI=1S/C42H59ClN4O5S/c1-4-5-8-30-20-35(43)12-14-37(30)34-24-47-23-33-10-13-38(33)32(22-45-16-18-46(19-17-45)36-26-51-27-36)9-6-7-29(2)41(28-50-3)53(49)44-42(48)31-11-15-40(52-25-34)39(47)21-31/h6,9,11-12,14-15,20-21,29,32-34,36,38,41H,4-5,7-8,10,13,16-19,22-28H2,1-3H3,(H,44,48)/b9-6+. The van der Waals surface area contributed by atoms with E-state index in [1.807, 2.05) is 18.2 Å². The first-order valence-corrected chi connectivity index (χ1v) is 21.6. The number of fused-ring (bicyclic) bond motifs is 2. The Hall–Kier alpha value is -2.31. The van der Waals surface area contributed by atoms with Crippen molar-refractivity contribution < 1.29 is 23.6 Å². The molecule has 11 heteroatoms. The molecule has 5 aliphatic rings. The Morgan fingerprint density at radius 2 is 1.89 bits per heavy atom. The fraction of sp³-hybridized carbons (Fsp3) is 0.643. The average Bonchev–Trinajstić information content (AvgIpc) is 3.30. The Balaban J connectivity index is 1.19. The number of nitrogens with zero attached hydrogens (tertiary/aromatic N) is 3. The number of ether oxygens (including phenoxy) is 3. The van der Waals surface area contributed by atoms with Crippen molar-refractivity contribution in [1.82, 2.24) is 14.5 Å². The summed E-state index contributed by atoms with van der Waals surface area (Å²) < 4.78 is 34.2. The molecule has 53 heavy (non-hydrogen) atoms. The van der Waals surface area contributed by atoms with E-state index in [9.17, 15) is 9.35 Å². The normalized spacial score (nSPS) is 31.0. The zero-order chi connectivity index (χ0) is 36.9. The van der Waals surface area contributed by atoms with E-state index in [-0.39, 0.29) is 23.0 Å². The maximum Gasteiger partial charge on any atom is 0.292 e. The third-order valence-electron chi connectivity index (χ3n) is 12.6. The van der Waals surface area contributed by atoms with Crippen LogP contribution >= 0.6 is 11.6 Å². The van der Waals surface area contributed by atoms with Crippen LogP contribution in [0.1, 0.15) is 73.4 Å². The number of hydrogen-bond acceptors (Lipinski definition) is 8. The minimum atomic E-state index is -1.62. The molecule has 2 saturated heterocycles. The van der Waals surface area contributed by atoms with Crippen molar-refractivity contribution in [3.8, 4) is 5.75 Å². The van der Waals surface area contributed by atoms with E-state index < -0.39 is 11.4 Å². The summed E-state index contributed by atoms with van der Waals surface area (Å²) in [6.45, 7) is 14.1. The number of carbonyl (C=O) groups excluding carboxylic acids is 1. The van der Waals surface area contributed by atoms with Crippen LogP contribution in [0.2, 0.25) is 5.02 Å². The van der Waals surface area contributed by atoms with Gasteiger partial charge in [-0.25, -0.2) is 0 Å². The number of amides is 1. The Morgan fingerprint density at radius 1 is 1.06 bits per heavy atom. The van der Waals surface area contributed by atoms with Crippen LogP contribution in [0.3, 0.4) is 0 Å². The molecule has 2 bridgehead atoms. The lowest BCUT2D eigenvalue weighted by molar-refractivity contribution is -0.0782. The van der Waals surface area contributed by atoms with Crippen LogP contribution in [-0.2, 0) is 27.3 Å². The van der Waals surface area contributed by atoms with Gasteiger partial charge in [-0.1, -0.05) is 50.1 Å². The molecule has 9 nitrogen and oxygen atoms in total. The summed E-state index contributed by atoms with van der Waals surface area (Å²) in [6, 6.07) is 12.6. The summed E-state index contributed by atoms with van der Waals surface area (Å²) in [5.74, 6) is 2.17. The molecule has 3 fully saturated rings. The van der Waals surface area contributed by atoms with E-state index in [0.717, 1.165) is 101 Å². The third kappa shape index (κ3) is 9.22. The van der Waals surface area contributed by atoms with E-state index in [1.165, 1.54) is 24.0 Å². The second-order valence-corrected chi connectivity index (χ2v) is 17.9. The van der Waals surface area contributed by atoms with Crippen molar-refractivity contribution in [2.45, 2.75) is 69.6 Å². The molecule has 1 aliphatic carbocycles. The number of hydrogen-bond donors (Lipinski definition) is 1. The van der Waals surface area contributed by atoms with Gasteiger partial charge in [0.2, 0.25) is 0 Å². The highest BCUT2D eigenvalue weighted by Crippen LogP contribution is 2.45. The van der Waals surface area contributed by atoms with E-state index >= 15 is 0 Å². The summed E-state index contributed by atoms with van der Waals surface area (Å²) >= 11 is 4.92. The van der Waals surface area contributed by atoms with E-state index in [1.54, 1.807) is 13.2 Å². The predicted molar refractivity (Wildman–Crippen MR) is 213 cm³/mol. The maximum absolute atomic E-state index is 13.7. The zero-order valence-electron chi connectivity index (χ0n) is 31.9. The third-order valence-corrected chi connectivity index (χ3v) is 14.4. The number of methoxy groups -OCH3 is 1. The van der Waals surface area contributed by atoms with E-state index in [0.29, 0.717) is 42.6 Å². The highest BCUT2D eigenvalue weighted by Gasteiger charge is 2.40. The summed E-state index contributed by atoms with van der Waals surface area (Å²) in [4.78, 5) is 21.5. The fourth-order valence-electron chi connectivity index (χ4n) is 9.05. The van der Waals surface area contributed by atoms with Crippen molar-refractivity contribution in [1.29, 1.82) is 0 Å². The van der Waals surface area contributed by atoms with Gasteiger partial charge in [0.25, 0.3) is 5.91 Å². The average molecular weight is 767 g/mol. The Bertz CT molecular complexity index is 1570. The lowest BCUT2D eigenvalue weighted by atomic mass is 9.66. The molecule has 1 saturated carbocycles. The molecule has 0 spiro atoms. The molecular weight excluding hydrogens is 708 g/mol. The number of halogens is 1. The molecule has 4 heterocycles.